The summed E-state index contributed by atoms with van der Waals surface area (Å²) in [5, 5.41) is 17.5. The molecule has 9 nitrogen and oxygen atoms in total. The maximum Gasteiger partial charge on any atom is 0.277 e. The molecule has 0 bridgehead atoms. The molecule has 1 saturated heterocycles. The van der Waals surface area contributed by atoms with Crippen LogP contribution in [0.4, 0.5) is 22.5 Å². The summed E-state index contributed by atoms with van der Waals surface area (Å²) >= 11 is 4.76. The number of benzene rings is 1. The number of hydroxylamine groups is 1. The molecule has 4 N–H and O–H groups in total. The number of rotatable bonds is 8. The highest BCUT2D eigenvalue weighted by molar-refractivity contribution is 9.10. The molecule has 0 aliphatic carbocycles. The lowest BCUT2D eigenvalue weighted by atomic mass is 10.1. The third-order valence-electron chi connectivity index (χ3n) is 5.02. The Bertz CT molecular complexity index is 1060. The highest BCUT2D eigenvalue weighted by Gasteiger charge is 2.15. The highest BCUT2D eigenvalue weighted by atomic mass is 79.9. The van der Waals surface area contributed by atoms with Gasteiger partial charge in [0.05, 0.1) is 23.2 Å². The largest absolute Gasteiger partial charge is 0.379 e. The fraction of sp³-hybridized carbons (Fsp3) is 0.286. The van der Waals surface area contributed by atoms with Gasteiger partial charge in [0.2, 0.25) is 5.95 Å². The molecule has 1 amide bonds. The van der Waals surface area contributed by atoms with Crippen LogP contribution in [0.2, 0.25) is 0 Å². The van der Waals surface area contributed by atoms with E-state index in [9.17, 15) is 4.79 Å². The molecule has 0 radical (unpaired) electrons. The Morgan fingerprint density at radius 2 is 1.97 bits per heavy atom. The van der Waals surface area contributed by atoms with E-state index in [1.807, 2.05) is 12.1 Å². The van der Waals surface area contributed by atoms with Crippen molar-refractivity contribution in [2.24, 2.45) is 0 Å². The average molecular weight is 519 g/mol. The number of nitrogens with zero attached hydrogens (tertiary/aromatic N) is 3. The number of hydrogen-bond acceptors (Lipinski definition) is 9. The SMILES string of the molecule is O=C(NO)c1ccsc1Nc1nc(Nc2ccc(CCN3CCOCC3)cc2)ncc1Br. The van der Waals surface area contributed by atoms with Crippen molar-refractivity contribution in [1.82, 2.24) is 20.3 Å². The van der Waals surface area contributed by atoms with E-state index < -0.39 is 5.91 Å². The van der Waals surface area contributed by atoms with Crippen LogP contribution in [0.5, 0.6) is 0 Å². The normalized spacial score (nSPS) is 14.2. The summed E-state index contributed by atoms with van der Waals surface area (Å²) < 4.78 is 6.04. The Kier molecular flexibility index (Phi) is 7.66. The number of amides is 1. The summed E-state index contributed by atoms with van der Waals surface area (Å²) in [7, 11) is 0. The highest BCUT2D eigenvalue weighted by Crippen LogP contribution is 2.30. The van der Waals surface area contributed by atoms with Gasteiger partial charge in [-0.1, -0.05) is 12.1 Å². The van der Waals surface area contributed by atoms with Gasteiger partial charge in [-0.2, -0.15) is 4.98 Å². The van der Waals surface area contributed by atoms with Crippen molar-refractivity contribution in [2.75, 3.05) is 43.5 Å². The number of halogens is 1. The number of hydrogen-bond donors (Lipinski definition) is 4. The average Bonchev–Trinajstić information content (AvgIpc) is 3.29. The van der Waals surface area contributed by atoms with Crippen molar-refractivity contribution in [3.63, 3.8) is 0 Å². The molecule has 0 atom stereocenters. The van der Waals surface area contributed by atoms with Gasteiger partial charge in [-0.05, 0) is 51.5 Å². The van der Waals surface area contributed by atoms with Gasteiger partial charge in [0, 0.05) is 31.5 Å². The molecular formula is C21H23BrN6O3S. The quantitative estimate of drug-likeness (QED) is 0.263. The number of carbonyl (C=O) groups is 1. The first-order valence-corrected chi connectivity index (χ1v) is 11.8. The molecule has 0 spiro atoms. The van der Waals surface area contributed by atoms with Crippen LogP contribution >= 0.6 is 27.3 Å². The van der Waals surface area contributed by atoms with Crippen LogP contribution < -0.4 is 16.1 Å². The molecule has 168 valence electrons. The summed E-state index contributed by atoms with van der Waals surface area (Å²) in [6.45, 7) is 4.65. The smallest absolute Gasteiger partial charge is 0.277 e. The second kappa shape index (κ2) is 10.8. The zero-order valence-corrected chi connectivity index (χ0v) is 19.6. The zero-order valence-electron chi connectivity index (χ0n) is 17.2. The van der Waals surface area contributed by atoms with Gasteiger partial charge < -0.3 is 15.4 Å². The lowest BCUT2D eigenvalue weighted by Gasteiger charge is -2.26. The summed E-state index contributed by atoms with van der Waals surface area (Å²) in [4.78, 5) is 23.0. The van der Waals surface area contributed by atoms with E-state index in [1.54, 1.807) is 23.1 Å². The van der Waals surface area contributed by atoms with Crippen molar-refractivity contribution < 1.29 is 14.7 Å². The van der Waals surface area contributed by atoms with Gasteiger partial charge in [0.25, 0.3) is 5.91 Å². The van der Waals surface area contributed by atoms with Gasteiger partial charge in [-0.25, -0.2) is 10.5 Å². The van der Waals surface area contributed by atoms with Gasteiger partial charge in [-0.15, -0.1) is 11.3 Å². The molecular weight excluding hydrogens is 496 g/mol. The Morgan fingerprint density at radius 3 is 2.72 bits per heavy atom. The fourth-order valence-corrected chi connectivity index (χ4v) is 4.34. The van der Waals surface area contributed by atoms with Gasteiger partial charge in [0.15, 0.2) is 5.82 Å². The molecule has 1 aliphatic heterocycles. The van der Waals surface area contributed by atoms with E-state index in [0.29, 0.717) is 26.8 Å². The molecule has 32 heavy (non-hydrogen) atoms. The van der Waals surface area contributed by atoms with Crippen LogP contribution in [0.1, 0.15) is 15.9 Å². The number of nitrogens with one attached hydrogen (secondary N) is 3. The first-order valence-electron chi connectivity index (χ1n) is 10.1. The standard InChI is InChI=1S/C21H23BrN6O3S/c22-17-13-23-21(26-18(17)25-20-16(6-12-32-20)19(29)27-30)24-15-3-1-14(2-4-15)5-7-28-8-10-31-11-9-28/h1-4,6,12-13,30H,5,7-11H2,(H,27,29)(H2,23,24,25,26). The molecule has 2 aromatic heterocycles. The second-order valence-electron chi connectivity index (χ2n) is 7.15. The number of thiophene rings is 1. The molecule has 11 heteroatoms. The molecule has 1 aliphatic rings. The third kappa shape index (κ3) is 5.81. The van der Waals surface area contributed by atoms with Crippen LogP contribution in [0.25, 0.3) is 0 Å². The second-order valence-corrected chi connectivity index (χ2v) is 8.92. The predicted molar refractivity (Wildman–Crippen MR) is 127 cm³/mol. The number of carbonyl (C=O) groups excluding carboxylic acids is 1. The molecule has 3 aromatic rings. The molecule has 0 unspecified atom stereocenters. The Labute approximate surface area is 197 Å². The summed E-state index contributed by atoms with van der Waals surface area (Å²) in [6.07, 6.45) is 2.63. The first-order chi connectivity index (χ1) is 15.6. The Hall–Kier alpha value is -2.57. The topological polar surface area (TPSA) is 112 Å². The third-order valence-corrected chi connectivity index (χ3v) is 6.43. The maximum absolute atomic E-state index is 11.8. The van der Waals surface area contributed by atoms with Crippen molar-refractivity contribution in [3.8, 4) is 0 Å². The van der Waals surface area contributed by atoms with Gasteiger partial charge in [0.1, 0.15) is 5.00 Å². The monoisotopic (exact) mass is 518 g/mol. The minimum absolute atomic E-state index is 0.324. The first kappa shape index (κ1) is 22.6. The fourth-order valence-electron chi connectivity index (χ4n) is 3.26. The van der Waals surface area contributed by atoms with E-state index in [-0.39, 0.29) is 0 Å². The van der Waals surface area contributed by atoms with Crippen molar-refractivity contribution in [1.29, 1.82) is 0 Å². The lowest BCUT2D eigenvalue weighted by molar-refractivity contribution is 0.0384. The molecule has 1 fully saturated rings. The van der Waals surface area contributed by atoms with E-state index >= 15 is 0 Å². The van der Waals surface area contributed by atoms with E-state index in [2.05, 4.69) is 53.6 Å². The number of morpholine rings is 1. The van der Waals surface area contributed by atoms with Gasteiger partial charge >= 0.3 is 0 Å². The van der Waals surface area contributed by atoms with E-state index in [4.69, 9.17) is 9.94 Å². The van der Waals surface area contributed by atoms with Crippen molar-refractivity contribution in [2.45, 2.75) is 6.42 Å². The minimum Gasteiger partial charge on any atom is -0.379 e. The zero-order chi connectivity index (χ0) is 22.3. The van der Waals surface area contributed by atoms with Crippen molar-refractivity contribution in [3.05, 3.63) is 57.5 Å². The molecule has 4 rings (SSSR count). The summed E-state index contributed by atoms with van der Waals surface area (Å²) in [5.41, 5.74) is 4.12. The minimum atomic E-state index is -0.592. The number of aromatic nitrogens is 2. The maximum atomic E-state index is 11.8. The van der Waals surface area contributed by atoms with Crippen LogP contribution in [0, 0.1) is 0 Å². The molecule has 3 heterocycles. The van der Waals surface area contributed by atoms with Crippen LogP contribution in [-0.4, -0.2) is 58.8 Å². The Balaban J connectivity index is 1.39. The van der Waals surface area contributed by atoms with Crippen LogP contribution in [-0.2, 0) is 11.2 Å². The van der Waals surface area contributed by atoms with E-state index in [0.717, 1.165) is 45.0 Å². The van der Waals surface area contributed by atoms with Gasteiger partial charge in [-0.3, -0.25) is 14.9 Å². The van der Waals surface area contributed by atoms with E-state index in [1.165, 1.54) is 16.9 Å². The lowest BCUT2D eigenvalue weighted by Crippen LogP contribution is -2.37. The number of anilines is 4. The summed E-state index contributed by atoms with van der Waals surface area (Å²) in [5.74, 6) is 0.326. The van der Waals surface area contributed by atoms with Crippen LogP contribution in [0.15, 0.2) is 46.4 Å². The van der Waals surface area contributed by atoms with Crippen LogP contribution in [0.3, 0.4) is 0 Å². The number of ether oxygens (including phenoxy) is 1. The summed E-state index contributed by atoms with van der Waals surface area (Å²) in [6, 6.07) is 9.85. The predicted octanol–water partition coefficient (Wildman–Crippen LogP) is 3.78. The molecule has 0 saturated carbocycles. The Morgan fingerprint density at radius 1 is 1.19 bits per heavy atom. The molecule has 1 aromatic carbocycles. The van der Waals surface area contributed by atoms with Crippen molar-refractivity contribution >= 4 is 55.6 Å².